The van der Waals surface area contributed by atoms with Gasteiger partial charge in [-0.25, -0.2) is 0 Å². The van der Waals surface area contributed by atoms with Crippen molar-refractivity contribution in [3.63, 3.8) is 0 Å². The summed E-state index contributed by atoms with van der Waals surface area (Å²) in [6, 6.07) is 18.1. The van der Waals surface area contributed by atoms with Crippen molar-refractivity contribution >= 4 is 32.5 Å². The smallest absolute Gasteiger partial charge is 0.196 e. The molecule has 0 bridgehead atoms. The molecule has 1 N–H and O–H groups in total. The standard InChI is InChI=1S/C17H11BrO2/c18-13-6-3-5-12(10-13)16(19)15-9-8-11-4-1-2-7-14(11)17(15)20/h1-10,20H. The van der Waals surface area contributed by atoms with E-state index >= 15 is 0 Å². The lowest BCUT2D eigenvalue weighted by Crippen LogP contribution is -2.01. The maximum Gasteiger partial charge on any atom is 0.196 e. The first-order valence-corrected chi connectivity index (χ1v) is 6.97. The molecule has 20 heavy (non-hydrogen) atoms. The largest absolute Gasteiger partial charge is 0.507 e. The molecule has 0 atom stereocenters. The van der Waals surface area contributed by atoms with Gasteiger partial charge in [0.15, 0.2) is 5.78 Å². The minimum Gasteiger partial charge on any atom is -0.507 e. The van der Waals surface area contributed by atoms with E-state index in [9.17, 15) is 9.90 Å². The van der Waals surface area contributed by atoms with Gasteiger partial charge in [-0.15, -0.1) is 0 Å². The van der Waals surface area contributed by atoms with Gasteiger partial charge in [0.2, 0.25) is 0 Å². The molecule has 3 aromatic rings. The summed E-state index contributed by atoms with van der Waals surface area (Å²) in [5.41, 5.74) is 0.867. The summed E-state index contributed by atoms with van der Waals surface area (Å²) in [7, 11) is 0. The maximum atomic E-state index is 12.5. The predicted molar refractivity (Wildman–Crippen MR) is 83.2 cm³/mol. The van der Waals surface area contributed by atoms with Gasteiger partial charge in [-0.1, -0.05) is 58.4 Å². The molecular weight excluding hydrogens is 316 g/mol. The highest BCUT2D eigenvalue weighted by atomic mass is 79.9. The number of benzene rings is 3. The minimum atomic E-state index is -0.186. The van der Waals surface area contributed by atoms with Crippen LogP contribution in [-0.2, 0) is 0 Å². The van der Waals surface area contributed by atoms with E-state index in [4.69, 9.17) is 0 Å². The second-order valence-corrected chi connectivity index (χ2v) is 5.44. The summed E-state index contributed by atoms with van der Waals surface area (Å²) in [6.45, 7) is 0. The van der Waals surface area contributed by atoms with Crippen molar-refractivity contribution in [3.05, 3.63) is 76.3 Å². The van der Waals surface area contributed by atoms with Gasteiger partial charge in [-0.2, -0.15) is 0 Å². The Kier molecular flexibility index (Phi) is 3.28. The van der Waals surface area contributed by atoms with E-state index in [1.54, 1.807) is 24.3 Å². The van der Waals surface area contributed by atoms with E-state index in [0.29, 0.717) is 16.5 Å². The van der Waals surface area contributed by atoms with Crippen molar-refractivity contribution in [2.45, 2.75) is 0 Å². The maximum absolute atomic E-state index is 12.5. The fourth-order valence-electron chi connectivity index (χ4n) is 2.22. The molecule has 98 valence electrons. The van der Waals surface area contributed by atoms with E-state index in [1.165, 1.54) is 0 Å². The fraction of sp³-hybridized carbons (Fsp3) is 0. The van der Waals surface area contributed by atoms with Gasteiger partial charge >= 0.3 is 0 Å². The van der Waals surface area contributed by atoms with Crippen LogP contribution in [0.2, 0.25) is 0 Å². The van der Waals surface area contributed by atoms with Crippen molar-refractivity contribution in [1.82, 2.24) is 0 Å². The van der Waals surface area contributed by atoms with Crippen LogP contribution in [0.15, 0.2) is 65.1 Å². The predicted octanol–water partition coefficient (Wildman–Crippen LogP) is 4.54. The van der Waals surface area contributed by atoms with Gasteiger partial charge in [0.25, 0.3) is 0 Å². The third kappa shape index (κ3) is 2.21. The molecular formula is C17H11BrO2. The number of phenols is 1. The molecule has 0 heterocycles. The molecule has 0 radical (unpaired) electrons. The molecule has 0 saturated carbocycles. The molecule has 2 nitrogen and oxygen atoms in total. The summed E-state index contributed by atoms with van der Waals surface area (Å²) in [5, 5.41) is 11.9. The van der Waals surface area contributed by atoms with Crippen LogP contribution >= 0.6 is 15.9 Å². The van der Waals surface area contributed by atoms with E-state index < -0.39 is 0 Å². The van der Waals surface area contributed by atoms with Crippen molar-refractivity contribution in [1.29, 1.82) is 0 Å². The highest BCUT2D eigenvalue weighted by Crippen LogP contribution is 2.30. The van der Waals surface area contributed by atoms with Gasteiger partial charge in [0.05, 0.1) is 5.56 Å². The minimum absolute atomic E-state index is 0.0353. The number of carbonyl (C=O) groups is 1. The summed E-state index contributed by atoms with van der Waals surface area (Å²) in [4.78, 5) is 12.5. The number of carbonyl (C=O) groups excluding carboxylic acids is 1. The van der Waals surface area contributed by atoms with Crippen LogP contribution < -0.4 is 0 Å². The number of hydrogen-bond donors (Lipinski definition) is 1. The summed E-state index contributed by atoms with van der Waals surface area (Å²) >= 11 is 3.35. The Hall–Kier alpha value is -2.13. The SMILES string of the molecule is O=C(c1cccc(Br)c1)c1ccc2ccccc2c1O. The number of halogens is 1. The van der Waals surface area contributed by atoms with Crippen LogP contribution in [0.3, 0.4) is 0 Å². The normalized spacial score (nSPS) is 10.7. The fourth-order valence-corrected chi connectivity index (χ4v) is 2.62. The van der Waals surface area contributed by atoms with E-state index in [2.05, 4.69) is 15.9 Å². The van der Waals surface area contributed by atoms with Crippen molar-refractivity contribution < 1.29 is 9.90 Å². The highest BCUT2D eigenvalue weighted by molar-refractivity contribution is 9.10. The Morgan fingerprint density at radius 1 is 0.950 bits per heavy atom. The molecule has 0 spiro atoms. The van der Waals surface area contributed by atoms with Gasteiger partial charge in [0.1, 0.15) is 5.75 Å². The lowest BCUT2D eigenvalue weighted by molar-refractivity contribution is 0.103. The number of fused-ring (bicyclic) bond motifs is 1. The molecule has 0 fully saturated rings. The molecule has 0 aliphatic heterocycles. The van der Waals surface area contributed by atoms with Crippen molar-refractivity contribution in [3.8, 4) is 5.75 Å². The van der Waals surface area contributed by atoms with E-state index in [-0.39, 0.29) is 11.5 Å². The van der Waals surface area contributed by atoms with Gasteiger partial charge in [0, 0.05) is 15.4 Å². The zero-order chi connectivity index (χ0) is 14.1. The van der Waals surface area contributed by atoms with Crippen LogP contribution in [-0.4, -0.2) is 10.9 Å². The first kappa shape index (κ1) is 12.9. The number of aromatic hydroxyl groups is 1. The third-order valence-corrected chi connectivity index (χ3v) is 3.73. The molecule has 0 unspecified atom stereocenters. The molecule has 3 rings (SSSR count). The van der Waals surface area contributed by atoms with Gasteiger partial charge in [-0.3, -0.25) is 4.79 Å². The Morgan fingerprint density at radius 2 is 1.75 bits per heavy atom. The average Bonchev–Trinajstić information content (AvgIpc) is 2.47. The van der Waals surface area contributed by atoms with E-state index in [1.807, 2.05) is 36.4 Å². The summed E-state index contributed by atoms with van der Waals surface area (Å²) < 4.78 is 0.837. The second-order valence-electron chi connectivity index (χ2n) is 4.52. The first-order chi connectivity index (χ1) is 9.66. The second kappa shape index (κ2) is 5.10. The van der Waals surface area contributed by atoms with Gasteiger partial charge in [-0.05, 0) is 23.6 Å². The molecule has 0 saturated heterocycles. The van der Waals surface area contributed by atoms with Crippen LogP contribution in [0.4, 0.5) is 0 Å². The van der Waals surface area contributed by atoms with Crippen molar-refractivity contribution in [2.24, 2.45) is 0 Å². The van der Waals surface area contributed by atoms with Crippen molar-refractivity contribution in [2.75, 3.05) is 0 Å². The number of hydrogen-bond acceptors (Lipinski definition) is 2. The number of phenolic OH excluding ortho intramolecular Hbond substituents is 1. The summed E-state index contributed by atoms with van der Waals surface area (Å²) in [5.74, 6) is -0.150. The zero-order valence-electron chi connectivity index (χ0n) is 10.5. The molecule has 3 aromatic carbocycles. The lowest BCUT2D eigenvalue weighted by atomic mass is 9.98. The highest BCUT2D eigenvalue weighted by Gasteiger charge is 2.15. The quantitative estimate of drug-likeness (QED) is 0.702. The van der Waals surface area contributed by atoms with E-state index in [0.717, 1.165) is 9.86 Å². The number of rotatable bonds is 2. The molecule has 0 amide bonds. The van der Waals surface area contributed by atoms with Gasteiger partial charge < -0.3 is 5.11 Å². The Morgan fingerprint density at radius 3 is 2.55 bits per heavy atom. The Bertz CT molecular complexity index is 809. The van der Waals surface area contributed by atoms with Crippen LogP contribution in [0.25, 0.3) is 10.8 Å². The van der Waals surface area contributed by atoms with Crippen LogP contribution in [0.5, 0.6) is 5.75 Å². The zero-order valence-corrected chi connectivity index (χ0v) is 12.1. The Balaban J connectivity index is 2.15. The third-order valence-electron chi connectivity index (χ3n) is 3.23. The van der Waals surface area contributed by atoms with Crippen LogP contribution in [0, 0.1) is 0 Å². The summed E-state index contributed by atoms with van der Waals surface area (Å²) in [6.07, 6.45) is 0. The first-order valence-electron chi connectivity index (χ1n) is 6.18. The topological polar surface area (TPSA) is 37.3 Å². The molecule has 0 aromatic heterocycles. The van der Waals surface area contributed by atoms with Crippen LogP contribution in [0.1, 0.15) is 15.9 Å². The average molecular weight is 327 g/mol. The molecule has 0 aliphatic carbocycles. The molecule has 0 aliphatic rings. The lowest BCUT2D eigenvalue weighted by Gasteiger charge is -2.07. The molecule has 3 heteroatoms. The monoisotopic (exact) mass is 326 g/mol. The Labute approximate surface area is 124 Å². The number of ketones is 1.